The summed E-state index contributed by atoms with van der Waals surface area (Å²) < 4.78 is 1.56. The molecule has 0 radical (unpaired) electrons. The number of benzene rings is 1. The van der Waals surface area contributed by atoms with E-state index < -0.39 is 0 Å². The monoisotopic (exact) mass is 146 g/mol. The van der Waals surface area contributed by atoms with E-state index in [2.05, 4.69) is 0 Å². The molecule has 0 aliphatic rings. The molecular weight excluding hydrogens is 139 g/mol. The number of hydrogen-bond donors (Lipinski definition) is 0. The molecule has 2 heteroatoms. The molecule has 0 atom stereocenters. The van der Waals surface area contributed by atoms with Gasteiger partial charge in [-0.05, 0) is 12.1 Å². The van der Waals surface area contributed by atoms with Gasteiger partial charge in [-0.2, -0.15) is 0 Å². The average Bonchev–Trinajstić information content (AvgIpc) is 2.47. The second kappa shape index (κ2) is 2.23. The van der Waals surface area contributed by atoms with Crippen LogP contribution in [0, 0.1) is 0 Å². The first kappa shape index (κ1) is 6.16. The van der Waals surface area contributed by atoms with Crippen molar-refractivity contribution in [3.05, 3.63) is 36.5 Å². The Morgan fingerprint density at radius 1 is 1.18 bits per heavy atom. The van der Waals surface area contributed by atoms with Gasteiger partial charge in [0.2, 0.25) is 6.41 Å². The van der Waals surface area contributed by atoms with Crippen LogP contribution < -0.4 is 0 Å². The molecule has 1 aromatic heterocycles. The molecule has 0 N–H and O–H groups in total. The van der Waals surface area contributed by atoms with Crippen LogP contribution in [0.15, 0.2) is 36.5 Å². The lowest BCUT2D eigenvalue weighted by Crippen LogP contribution is -1.89. The Labute approximate surface area is 64.1 Å². The summed E-state index contributed by atoms with van der Waals surface area (Å²) in [4.78, 5) is 10.4. The molecule has 0 spiro atoms. The van der Waals surface area contributed by atoms with Crippen molar-refractivity contribution in [3.63, 3.8) is 0 Å². The number of rotatable bonds is 1. The molecule has 0 aliphatic heterocycles. The Morgan fingerprint density at radius 2 is 2.00 bits per heavy atom. The van der Waals surface area contributed by atoms with Crippen LogP contribution >= 0.6 is 0 Å². The summed E-state index contributed by atoms with van der Waals surface area (Å²) in [6.07, 6.45) is 2.57. The van der Waals surface area contributed by atoms with Gasteiger partial charge in [0.1, 0.15) is 0 Å². The Bertz CT molecular complexity index is 389. The van der Waals surface area contributed by atoms with E-state index in [0.29, 0.717) is 0 Å². The quantitative estimate of drug-likeness (QED) is 0.561. The summed E-state index contributed by atoms with van der Waals surface area (Å²) in [5, 5.41) is 1.10. The van der Waals surface area contributed by atoms with Crippen LogP contribution in [-0.2, 0) is 4.79 Å². The highest BCUT2D eigenvalue weighted by Crippen LogP contribution is 2.12. The van der Waals surface area contributed by atoms with Crippen molar-refractivity contribution in [2.75, 3.05) is 0 Å². The minimum atomic E-state index is 0.808. The summed E-state index contributed by atoms with van der Waals surface area (Å²) in [7, 11) is 0. The van der Waals surface area contributed by atoms with Gasteiger partial charge in [0.05, 0.1) is 5.52 Å². The van der Waals surface area contributed by atoms with Crippen LogP contribution in [0.2, 0.25) is 0 Å². The zero-order valence-corrected chi connectivity index (χ0v) is 5.90. The normalized spacial score (nSPS) is 10.2. The number of carbonyl (C=O) groups excluding carboxylic acids is 1. The molecule has 2 nitrogen and oxygen atoms in total. The predicted octanol–water partition coefficient (Wildman–Crippen LogP) is 1.68. The smallest absolute Gasteiger partial charge is 0.218 e. The summed E-state index contributed by atoms with van der Waals surface area (Å²) in [5.41, 5.74) is 0.961. The fraction of sp³-hybridized carbons (Fsp3) is 0. The fourth-order valence-electron chi connectivity index (χ4n) is 1.20. The summed E-state index contributed by atoms with van der Waals surface area (Å²) in [6.45, 7) is 0. The average molecular weight is 146 g/mol. The van der Waals surface area contributed by atoms with Crippen molar-refractivity contribution in [2.24, 2.45) is 0 Å². The summed E-state index contributed by atoms with van der Waals surface area (Å²) in [6, 6.07) is 9.70. The van der Waals surface area contributed by atoms with Crippen LogP contribution in [0.4, 0.5) is 0 Å². The highest BCUT2D eigenvalue weighted by molar-refractivity contribution is 5.85. The molecule has 0 aliphatic carbocycles. The summed E-state index contributed by atoms with van der Waals surface area (Å²) >= 11 is 0. The first-order chi connectivity index (χ1) is 5.42. The minimum Gasteiger partial charge on any atom is -0.290 e. The van der Waals surface area contributed by atoms with Gasteiger partial charge in [-0.25, -0.2) is 0 Å². The van der Waals surface area contributed by atoms with Gasteiger partial charge >= 0.3 is 0 Å². The van der Waals surface area contributed by atoms with E-state index in [4.69, 9.17) is 0 Å². The lowest BCUT2D eigenvalue weighted by atomic mass is 10.3. The van der Waals surface area contributed by atoms with Crippen molar-refractivity contribution >= 4 is 17.3 Å². The molecule has 0 saturated carbocycles. The molecule has 1 heterocycles. The molecule has 2 rings (SSSR count). The molecule has 0 saturated heterocycles. The van der Waals surface area contributed by atoms with Gasteiger partial charge < -0.3 is 0 Å². The maximum atomic E-state index is 10.4. The zero-order chi connectivity index (χ0) is 7.68. The lowest BCUT2D eigenvalue weighted by Gasteiger charge is -1.91. The van der Waals surface area contributed by atoms with E-state index in [1.807, 2.05) is 30.3 Å². The first-order valence-electron chi connectivity index (χ1n) is 3.43. The number of hydrogen-bond acceptors (Lipinski definition) is 1. The molecule has 0 unspecified atom stereocenters. The predicted molar refractivity (Wildman–Crippen MR) is 44.1 cm³/mol. The van der Waals surface area contributed by atoms with E-state index in [0.717, 1.165) is 17.3 Å². The van der Waals surface area contributed by atoms with Crippen molar-refractivity contribution in [1.29, 1.82) is 0 Å². The van der Waals surface area contributed by atoms with Gasteiger partial charge in [0.15, 0.2) is 0 Å². The van der Waals surface area contributed by atoms with Gasteiger partial charge in [0.25, 0.3) is 0 Å². The second-order valence-electron chi connectivity index (χ2n) is 2.39. The van der Waals surface area contributed by atoms with Crippen LogP contribution in [0.3, 0.4) is 0 Å². The van der Waals surface area contributed by atoms with Gasteiger partial charge in [0, 0.05) is 11.6 Å². The molecule has 54 valence electrons. The highest BCUT2D eigenvalue weighted by Gasteiger charge is 1.95. The third kappa shape index (κ3) is 0.835. The minimum absolute atomic E-state index is 0.808. The Hall–Kier alpha value is -1.57. The third-order valence-corrected chi connectivity index (χ3v) is 1.74. The molecule has 11 heavy (non-hydrogen) atoms. The molecule has 0 fully saturated rings. The van der Waals surface area contributed by atoms with Crippen LogP contribution in [0.5, 0.6) is 0 Å². The van der Waals surface area contributed by atoms with Gasteiger partial charge in [-0.15, -0.1) is 0 Å². The van der Waals surface area contributed by atoms with E-state index >= 15 is 0 Å². The lowest BCUT2D eigenvalue weighted by molar-refractivity contribution is 0.549. The summed E-state index contributed by atoms with van der Waals surface area (Å²) in [5.74, 6) is 0. The van der Waals surface area contributed by atoms with Crippen molar-refractivity contribution in [3.8, 4) is 0 Å². The van der Waals surface area contributed by atoms with Crippen molar-refractivity contribution < 1.29 is 4.79 Å². The number of nitrogens with zero attached hydrogens (tertiary/aromatic N) is 1. The largest absolute Gasteiger partial charge is 0.290 e. The molecule has 2 aromatic rings. The Morgan fingerprint density at radius 3 is 2.82 bits per heavy atom. The van der Waals surface area contributed by atoms with Crippen LogP contribution in [0.25, 0.3) is 10.9 Å². The maximum absolute atomic E-state index is 10.4. The molecule has 1 aromatic carbocycles. The molecular formula is C9H7NO. The first-order valence-corrected chi connectivity index (χ1v) is 3.43. The third-order valence-electron chi connectivity index (χ3n) is 1.74. The van der Waals surface area contributed by atoms with Crippen LogP contribution in [-0.4, -0.2) is 11.0 Å². The van der Waals surface area contributed by atoms with Crippen LogP contribution in [0.1, 0.15) is 0 Å². The topological polar surface area (TPSA) is 22.0 Å². The molecule has 0 bridgehead atoms. The Balaban J connectivity index is 2.86. The van der Waals surface area contributed by atoms with E-state index in [1.165, 1.54) is 0 Å². The fourth-order valence-corrected chi connectivity index (χ4v) is 1.20. The number of aromatic nitrogens is 1. The molecule has 0 amide bonds. The zero-order valence-electron chi connectivity index (χ0n) is 5.90. The number of fused-ring (bicyclic) bond motifs is 1. The second-order valence-corrected chi connectivity index (χ2v) is 2.39. The van der Waals surface area contributed by atoms with Gasteiger partial charge in [-0.3, -0.25) is 9.36 Å². The van der Waals surface area contributed by atoms with Crippen molar-refractivity contribution in [1.82, 2.24) is 4.57 Å². The van der Waals surface area contributed by atoms with E-state index in [1.54, 1.807) is 10.8 Å². The number of carbonyl (C=O) groups is 1. The number of para-hydroxylation sites is 1. The SMILES string of the molecule is O=Cn1[13cH]cc2ccccc21. The Kier molecular flexibility index (Phi) is 1.25. The maximum Gasteiger partial charge on any atom is 0.218 e. The van der Waals surface area contributed by atoms with Crippen molar-refractivity contribution in [2.45, 2.75) is 0 Å². The van der Waals surface area contributed by atoms with Gasteiger partial charge in [-0.1, -0.05) is 18.2 Å². The van der Waals surface area contributed by atoms with E-state index in [-0.39, 0.29) is 0 Å². The highest BCUT2D eigenvalue weighted by atomic mass is 16.1. The van der Waals surface area contributed by atoms with E-state index in [9.17, 15) is 4.79 Å². The standard InChI is InChI=1S/C9H7NO/c11-7-10-6-5-8-3-1-2-4-9(8)10/h1-7H/i6+1.